The van der Waals surface area contributed by atoms with Gasteiger partial charge in [0.05, 0.1) is 5.75 Å². The number of alkyl halides is 2. The predicted octanol–water partition coefficient (Wildman–Crippen LogP) is 2.80. The van der Waals surface area contributed by atoms with E-state index in [1.54, 1.807) is 17.0 Å². The van der Waals surface area contributed by atoms with Crippen molar-refractivity contribution >= 4 is 23.4 Å². The first-order valence-corrected chi connectivity index (χ1v) is 7.53. The van der Waals surface area contributed by atoms with Gasteiger partial charge in [0.2, 0.25) is 5.91 Å². The van der Waals surface area contributed by atoms with E-state index in [2.05, 4.69) is 26.8 Å². The molecule has 23 heavy (non-hydrogen) atoms. The Morgan fingerprint density at radius 2 is 2.17 bits per heavy atom. The van der Waals surface area contributed by atoms with Crippen LogP contribution in [0.5, 0.6) is 5.75 Å². The topological polar surface area (TPSA) is 69.0 Å². The summed E-state index contributed by atoms with van der Waals surface area (Å²) in [6.45, 7) is 1.31. The van der Waals surface area contributed by atoms with Crippen LogP contribution in [0.1, 0.15) is 0 Å². The van der Waals surface area contributed by atoms with Crippen LogP contribution >= 0.6 is 11.8 Å². The Balaban J connectivity index is 1.84. The zero-order valence-corrected chi connectivity index (χ0v) is 12.8. The molecule has 1 amide bonds. The van der Waals surface area contributed by atoms with Crippen LogP contribution < -0.4 is 10.1 Å². The number of thioether (sulfide) groups is 1. The number of carbonyl (C=O) groups excluding carboxylic acids is 1. The van der Waals surface area contributed by atoms with Crippen LogP contribution in [0.2, 0.25) is 0 Å². The zero-order chi connectivity index (χ0) is 16.7. The van der Waals surface area contributed by atoms with Gasteiger partial charge in [-0.15, -0.1) is 16.8 Å². The molecule has 2 rings (SSSR count). The summed E-state index contributed by atoms with van der Waals surface area (Å²) < 4.78 is 30.1. The Morgan fingerprint density at radius 3 is 2.83 bits per heavy atom. The molecule has 1 N–H and O–H groups in total. The minimum Gasteiger partial charge on any atom is -0.435 e. The summed E-state index contributed by atoms with van der Waals surface area (Å²) in [7, 11) is 0. The van der Waals surface area contributed by atoms with Gasteiger partial charge < -0.3 is 14.6 Å². The van der Waals surface area contributed by atoms with Gasteiger partial charge in [-0.2, -0.15) is 8.78 Å². The number of rotatable bonds is 8. The van der Waals surface area contributed by atoms with E-state index in [0.717, 1.165) is 0 Å². The normalized spacial score (nSPS) is 10.6. The predicted molar refractivity (Wildman–Crippen MR) is 82.6 cm³/mol. The summed E-state index contributed by atoms with van der Waals surface area (Å²) in [5, 5.41) is 11.0. The fraction of sp³-hybridized carbons (Fsp3) is 0.214. The minimum atomic E-state index is -2.88. The van der Waals surface area contributed by atoms with E-state index in [1.165, 1.54) is 36.0 Å². The summed E-state index contributed by atoms with van der Waals surface area (Å²) in [5.41, 5.74) is 0.491. The van der Waals surface area contributed by atoms with Crippen molar-refractivity contribution in [2.24, 2.45) is 0 Å². The highest BCUT2D eigenvalue weighted by atomic mass is 32.2. The van der Waals surface area contributed by atoms with Gasteiger partial charge in [0, 0.05) is 12.2 Å². The first kappa shape index (κ1) is 16.9. The molecule has 0 bridgehead atoms. The lowest BCUT2D eigenvalue weighted by molar-refractivity contribution is -0.113. The maximum atomic E-state index is 12.0. The Bertz CT molecular complexity index is 661. The Kier molecular flexibility index (Phi) is 6.10. The van der Waals surface area contributed by atoms with E-state index in [4.69, 9.17) is 0 Å². The molecular weight excluding hydrogens is 326 g/mol. The molecular formula is C14H14F2N4O2S. The highest BCUT2D eigenvalue weighted by Gasteiger charge is 2.09. The summed E-state index contributed by atoms with van der Waals surface area (Å²) in [5.74, 6) is -0.0685. The molecule has 0 unspecified atom stereocenters. The first-order chi connectivity index (χ1) is 11.1. The van der Waals surface area contributed by atoms with E-state index in [9.17, 15) is 13.6 Å². The lowest BCUT2D eigenvalue weighted by Crippen LogP contribution is -2.14. The van der Waals surface area contributed by atoms with Gasteiger partial charge in [0.1, 0.15) is 12.1 Å². The van der Waals surface area contributed by atoms with E-state index in [-0.39, 0.29) is 17.4 Å². The van der Waals surface area contributed by atoms with E-state index < -0.39 is 6.61 Å². The van der Waals surface area contributed by atoms with Crippen LogP contribution in [0.25, 0.3) is 0 Å². The standard InChI is InChI=1S/C14H14F2N4O2S/c1-2-7-20-9-17-19-14(20)23-8-12(21)18-10-3-5-11(6-4-10)22-13(15)16/h2-6,9,13H,1,7-8H2,(H,18,21). The maximum absolute atomic E-state index is 12.0. The Hall–Kier alpha value is -2.42. The fourth-order valence-electron chi connectivity index (χ4n) is 1.67. The average Bonchev–Trinajstić information content (AvgIpc) is 2.94. The third-order valence-electron chi connectivity index (χ3n) is 2.60. The molecule has 0 saturated carbocycles. The SMILES string of the molecule is C=CCn1cnnc1SCC(=O)Nc1ccc(OC(F)F)cc1. The van der Waals surface area contributed by atoms with Gasteiger partial charge in [-0.25, -0.2) is 0 Å². The fourth-order valence-corrected chi connectivity index (χ4v) is 2.39. The van der Waals surface area contributed by atoms with Crippen molar-refractivity contribution in [3.8, 4) is 5.75 Å². The molecule has 0 aliphatic heterocycles. The molecule has 122 valence electrons. The van der Waals surface area contributed by atoms with Gasteiger partial charge in [0.15, 0.2) is 5.16 Å². The molecule has 6 nitrogen and oxygen atoms in total. The van der Waals surface area contributed by atoms with E-state index in [1.807, 2.05) is 0 Å². The molecule has 0 saturated heterocycles. The van der Waals surface area contributed by atoms with Gasteiger partial charge in [-0.1, -0.05) is 17.8 Å². The van der Waals surface area contributed by atoms with Crippen molar-refractivity contribution in [1.82, 2.24) is 14.8 Å². The summed E-state index contributed by atoms with van der Waals surface area (Å²) in [6.07, 6.45) is 3.26. The molecule has 1 aromatic carbocycles. The molecule has 0 aliphatic carbocycles. The van der Waals surface area contributed by atoms with Crippen molar-refractivity contribution < 1.29 is 18.3 Å². The van der Waals surface area contributed by atoms with Crippen LogP contribution in [0.3, 0.4) is 0 Å². The number of nitrogens with one attached hydrogen (secondary N) is 1. The lowest BCUT2D eigenvalue weighted by Gasteiger charge is -2.07. The van der Waals surface area contributed by atoms with Gasteiger partial charge >= 0.3 is 6.61 Å². The van der Waals surface area contributed by atoms with E-state index >= 15 is 0 Å². The number of carbonyl (C=O) groups is 1. The van der Waals surface area contributed by atoms with Crippen molar-refractivity contribution in [3.05, 3.63) is 43.2 Å². The monoisotopic (exact) mass is 340 g/mol. The third-order valence-corrected chi connectivity index (χ3v) is 3.58. The molecule has 1 heterocycles. The number of hydrogen-bond acceptors (Lipinski definition) is 5. The molecule has 0 aliphatic rings. The number of aromatic nitrogens is 3. The van der Waals surface area contributed by atoms with Gasteiger partial charge in [-0.3, -0.25) is 4.79 Å². The summed E-state index contributed by atoms with van der Waals surface area (Å²) in [6, 6.07) is 5.69. The van der Waals surface area contributed by atoms with Gasteiger partial charge in [0.25, 0.3) is 0 Å². The van der Waals surface area contributed by atoms with Crippen molar-refractivity contribution in [2.75, 3.05) is 11.1 Å². The molecule has 9 heteroatoms. The number of anilines is 1. The highest BCUT2D eigenvalue weighted by Crippen LogP contribution is 2.19. The van der Waals surface area contributed by atoms with Crippen LogP contribution in [-0.4, -0.2) is 33.0 Å². The number of ether oxygens (including phenoxy) is 1. The molecule has 2 aromatic rings. The van der Waals surface area contributed by atoms with E-state index in [0.29, 0.717) is 17.4 Å². The Morgan fingerprint density at radius 1 is 1.43 bits per heavy atom. The summed E-state index contributed by atoms with van der Waals surface area (Å²) in [4.78, 5) is 11.9. The van der Waals surface area contributed by atoms with Crippen LogP contribution in [-0.2, 0) is 11.3 Å². The van der Waals surface area contributed by atoms with Crippen LogP contribution in [0, 0.1) is 0 Å². The molecule has 0 radical (unpaired) electrons. The minimum absolute atomic E-state index is 0.0323. The molecule has 0 fully saturated rings. The number of hydrogen-bond donors (Lipinski definition) is 1. The van der Waals surface area contributed by atoms with Crippen LogP contribution in [0.4, 0.5) is 14.5 Å². The van der Waals surface area contributed by atoms with Crippen molar-refractivity contribution in [2.45, 2.75) is 18.3 Å². The average molecular weight is 340 g/mol. The second kappa shape index (κ2) is 8.28. The van der Waals surface area contributed by atoms with Gasteiger partial charge in [-0.05, 0) is 24.3 Å². The lowest BCUT2D eigenvalue weighted by atomic mass is 10.3. The van der Waals surface area contributed by atoms with Crippen molar-refractivity contribution in [3.63, 3.8) is 0 Å². The Labute approximate surface area is 135 Å². The van der Waals surface area contributed by atoms with Crippen LogP contribution in [0.15, 0.2) is 48.4 Å². The summed E-state index contributed by atoms with van der Waals surface area (Å²) >= 11 is 1.24. The molecule has 0 atom stereocenters. The maximum Gasteiger partial charge on any atom is 0.387 e. The highest BCUT2D eigenvalue weighted by molar-refractivity contribution is 7.99. The third kappa shape index (κ3) is 5.37. The molecule has 0 spiro atoms. The number of allylic oxidation sites excluding steroid dienone is 1. The largest absolute Gasteiger partial charge is 0.435 e. The second-order valence-electron chi connectivity index (χ2n) is 4.29. The van der Waals surface area contributed by atoms with Crippen molar-refractivity contribution in [1.29, 1.82) is 0 Å². The number of benzene rings is 1. The molecule has 1 aromatic heterocycles. The zero-order valence-electron chi connectivity index (χ0n) is 12.0. The number of nitrogens with zero attached hydrogens (tertiary/aromatic N) is 3. The number of amides is 1. The smallest absolute Gasteiger partial charge is 0.387 e. The second-order valence-corrected chi connectivity index (χ2v) is 5.24. The first-order valence-electron chi connectivity index (χ1n) is 6.54. The number of halogens is 2. The quantitative estimate of drug-likeness (QED) is 0.591.